The van der Waals surface area contributed by atoms with Crippen LogP contribution in [0.5, 0.6) is 5.75 Å². The van der Waals surface area contributed by atoms with E-state index in [4.69, 9.17) is 34.8 Å². The van der Waals surface area contributed by atoms with Crippen LogP contribution in [-0.4, -0.2) is 16.3 Å². The van der Waals surface area contributed by atoms with Crippen molar-refractivity contribution in [3.05, 3.63) is 39.7 Å². The van der Waals surface area contributed by atoms with Gasteiger partial charge in [-0.1, -0.05) is 23.2 Å². The normalized spacial score (nSPS) is 11.5. The first-order valence-electron chi connectivity index (χ1n) is 4.99. The van der Waals surface area contributed by atoms with Crippen LogP contribution in [-0.2, 0) is 0 Å². The zero-order valence-corrected chi connectivity index (χ0v) is 11.6. The van der Waals surface area contributed by atoms with E-state index in [9.17, 15) is 13.2 Å². The Hall–Kier alpha value is -1.24. The maximum Gasteiger partial charge on any atom is 0.573 e. The quantitative estimate of drug-likeness (QED) is 0.720. The molecule has 1 aromatic carbocycles. The minimum atomic E-state index is -4.88. The molecule has 0 fully saturated rings. The molecule has 2 aromatic rings. The number of rotatable bonds is 2. The number of benzene rings is 1. The van der Waals surface area contributed by atoms with Crippen LogP contribution in [0.2, 0.25) is 15.3 Å². The Labute approximate surface area is 126 Å². The fraction of sp³-hybridized carbons (Fsp3) is 0.0909. The van der Waals surface area contributed by atoms with Crippen LogP contribution in [0.25, 0.3) is 11.3 Å². The van der Waals surface area contributed by atoms with Gasteiger partial charge in [-0.15, -0.1) is 13.2 Å². The van der Waals surface area contributed by atoms with Gasteiger partial charge in [0.1, 0.15) is 5.69 Å². The van der Waals surface area contributed by atoms with E-state index in [2.05, 4.69) is 14.7 Å². The van der Waals surface area contributed by atoms with Crippen LogP contribution in [0.15, 0.2) is 24.4 Å². The summed E-state index contributed by atoms with van der Waals surface area (Å²) in [5, 5.41) is 0.242. The van der Waals surface area contributed by atoms with Gasteiger partial charge in [0, 0.05) is 15.6 Å². The molecule has 20 heavy (non-hydrogen) atoms. The maximum absolute atomic E-state index is 12.3. The number of halogens is 6. The van der Waals surface area contributed by atoms with E-state index in [1.807, 2.05) is 0 Å². The van der Waals surface area contributed by atoms with E-state index < -0.39 is 12.1 Å². The molecule has 0 bridgehead atoms. The zero-order chi connectivity index (χ0) is 14.9. The topological polar surface area (TPSA) is 35.0 Å². The first kappa shape index (κ1) is 15.2. The van der Waals surface area contributed by atoms with Crippen molar-refractivity contribution >= 4 is 34.8 Å². The molecule has 0 radical (unpaired) electrons. The molecule has 0 saturated heterocycles. The van der Waals surface area contributed by atoms with Gasteiger partial charge in [-0.2, -0.15) is 0 Å². The highest BCUT2D eigenvalue weighted by Gasteiger charge is 2.33. The molecule has 0 amide bonds. The van der Waals surface area contributed by atoms with Crippen LogP contribution in [0.1, 0.15) is 0 Å². The van der Waals surface area contributed by atoms with E-state index in [1.165, 1.54) is 18.2 Å². The summed E-state index contributed by atoms with van der Waals surface area (Å²) in [5.74, 6) is -0.597. The lowest BCUT2D eigenvalue weighted by molar-refractivity contribution is -0.274. The summed E-state index contributed by atoms with van der Waals surface area (Å²) in [7, 11) is 0. The molecule has 0 aliphatic heterocycles. The van der Waals surface area contributed by atoms with Crippen LogP contribution in [0, 0.1) is 0 Å². The summed E-state index contributed by atoms with van der Waals surface area (Å²) < 4.78 is 40.9. The average Bonchev–Trinajstić information content (AvgIpc) is 2.28. The summed E-state index contributed by atoms with van der Waals surface area (Å²) in [6, 6.07) is 4.20. The molecule has 0 aliphatic carbocycles. The Kier molecular flexibility index (Phi) is 4.27. The third kappa shape index (κ3) is 3.88. The Morgan fingerprint density at radius 2 is 1.60 bits per heavy atom. The van der Waals surface area contributed by atoms with Crippen LogP contribution < -0.4 is 4.74 Å². The van der Waals surface area contributed by atoms with Crippen LogP contribution >= 0.6 is 34.8 Å². The Bertz CT molecular complexity index is 629. The molecular formula is C11H4Cl3F3N2O. The highest BCUT2D eigenvalue weighted by Crippen LogP contribution is 2.35. The molecule has 1 heterocycles. The molecule has 1 aromatic heterocycles. The Balaban J connectivity index is 2.56. The second-order valence-electron chi connectivity index (χ2n) is 3.56. The van der Waals surface area contributed by atoms with Gasteiger partial charge in [-0.3, -0.25) is 0 Å². The summed E-state index contributed by atoms with van der Waals surface area (Å²) in [5.41, 5.74) is 0.0674. The number of nitrogens with zero attached hydrogens (tertiary/aromatic N) is 2. The first-order valence-corrected chi connectivity index (χ1v) is 6.13. The van der Waals surface area contributed by atoms with Gasteiger partial charge in [0.05, 0.1) is 6.20 Å². The standard InChI is InChI=1S/C11H4Cl3F3N2O/c12-6-1-5(2-7(13)3-6)9-8(20-11(15,16)17)4-18-10(14)19-9/h1-4H. The van der Waals surface area contributed by atoms with Crippen molar-refractivity contribution in [2.24, 2.45) is 0 Å². The molecule has 0 spiro atoms. The number of hydrogen-bond donors (Lipinski definition) is 0. The van der Waals surface area contributed by atoms with Crippen molar-refractivity contribution in [2.45, 2.75) is 6.36 Å². The number of aromatic nitrogens is 2. The van der Waals surface area contributed by atoms with Crippen molar-refractivity contribution in [2.75, 3.05) is 0 Å². The SMILES string of the molecule is FC(F)(F)Oc1cnc(Cl)nc1-c1cc(Cl)cc(Cl)c1. The van der Waals surface area contributed by atoms with Gasteiger partial charge < -0.3 is 4.74 Å². The highest BCUT2D eigenvalue weighted by molar-refractivity contribution is 6.35. The smallest absolute Gasteiger partial charge is 0.402 e. The van der Waals surface area contributed by atoms with E-state index in [0.717, 1.165) is 6.20 Å². The van der Waals surface area contributed by atoms with E-state index >= 15 is 0 Å². The van der Waals surface area contributed by atoms with Crippen molar-refractivity contribution in [1.82, 2.24) is 9.97 Å². The lowest BCUT2D eigenvalue weighted by atomic mass is 10.1. The first-order chi connectivity index (χ1) is 9.24. The molecule has 0 N–H and O–H groups in total. The van der Waals surface area contributed by atoms with E-state index in [1.54, 1.807) is 0 Å². The number of ether oxygens (including phenoxy) is 1. The predicted octanol–water partition coefficient (Wildman–Crippen LogP) is 5.00. The fourth-order valence-electron chi connectivity index (χ4n) is 1.45. The summed E-state index contributed by atoms with van der Waals surface area (Å²) in [6.45, 7) is 0. The number of hydrogen-bond acceptors (Lipinski definition) is 3. The van der Waals surface area contributed by atoms with Crippen molar-refractivity contribution < 1.29 is 17.9 Å². The van der Waals surface area contributed by atoms with Gasteiger partial charge in [0.2, 0.25) is 5.28 Å². The Morgan fingerprint density at radius 3 is 2.15 bits per heavy atom. The maximum atomic E-state index is 12.3. The summed E-state index contributed by atoms with van der Waals surface area (Å²) in [4.78, 5) is 7.18. The van der Waals surface area contributed by atoms with Crippen LogP contribution in [0.3, 0.4) is 0 Å². The second kappa shape index (κ2) is 5.63. The molecule has 0 unspecified atom stereocenters. The van der Waals surface area contributed by atoms with E-state index in [0.29, 0.717) is 0 Å². The lowest BCUT2D eigenvalue weighted by Gasteiger charge is -2.12. The van der Waals surface area contributed by atoms with Crippen LogP contribution in [0.4, 0.5) is 13.2 Å². The van der Waals surface area contributed by atoms with Crippen molar-refractivity contribution in [3.8, 4) is 17.0 Å². The monoisotopic (exact) mass is 342 g/mol. The second-order valence-corrected chi connectivity index (χ2v) is 4.77. The molecule has 9 heteroatoms. The van der Waals surface area contributed by atoms with Gasteiger partial charge in [0.25, 0.3) is 0 Å². The summed E-state index contributed by atoms with van der Waals surface area (Å²) in [6.07, 6.45) is -4.05. The highest BCUT2D eigenvalue weighted by atomic mass is 35.5. The van der Waals surface area contributed by atoms with Gasteiger partial charge >= 0.3 is 6.36 Å². The summed E-state index contributed by atoms with van der Waals surface area (Å²) >= 11 is 17.2. The van der Waals surface area contributed by atoms with Gasteiger partial charge in [-0.25, -0.2) is 9.97 Å². The minimum Gasteiger partial charge on any atom is -0.402 e. The fourth-order valence-corrected chi connectivity index (χ4v) is 2.11. The number of alkyl halides is 3. The van der Waals surface area contributed by atoms with Gasteiger partial charge in [0.15, 0.2) is 5.75 Å². The molecule has 3 nitrogen and oxygen atoms in total. The van der Waals surface area contributed by atoms with Crippen molar-refractivity contribution in [1.29, 1.82) is 0 Å². The third-order valence-corrected chi connectivity index (χ3v) is 2.71. The lowest BCUT2D eigenvalue weighted by Crippen LogP contribution is -2.18. The molecular weight excluding hydrogens is 339 g/mol. The largest absolute Gasteiger partial charge is 0.573 e. The molecule has 0 saturated carbocycles. The average molecular weight is 344 g/mol. The minimum absolute atomic E-state index is 0.160. The molecule has 0 atom stereocenters. The zero-order valence-electron chi connectivity index (χ0n) is 9.38. The third-order valence-electron chi connectivity index (χ3n) is 2.09. The van der Waals surface area contributed by atoms with Crippen molar-refractivity contribution in [3.63, 3.8) is 0 Å². The molecule has 106 valence electrons. The Morgan fingerprint density at radius 1 is 1.00 bits per heavy atom. The van der Waals surface area contributed by atoms with Gasteiger partial charge in [-0.05, 0) is 29.8 Å². The molecule has 0 aliphatic rings. The molecule has 2 rings (SSSR count). The van der Waals surface area contributed by atoms with E-state index in [-0.39, 0.29) is 26.6 Å². The predicted molar refractivity (Wildman–Crippen MR) is 69.2 cm³/mol.